The third-order valence-corrected chi connectivity index (χ3v) is 4.74. The molecule has 0 saturated carbocycles. The van der Waals surface area contributed by atoms with E-state index in [4.69, 9.17) is 0 Å². The molecule has 1 amide bonds. The Labute approximate surface area is 142 Å². The van der Waals surface area contributed by atoms with E-state index >= 15 is 0 Å². The summed E-state index contributed by atoms with van der Waals surface area (Å²) in [5, 5.41) is 2.67. The number of anilines is 1. The highest BCUT2D eigenvalue weighted by Gasteiger charge is 2.12. The van der Waals surface area contributed by atoms with Crippen molar-refractivity contribution < 1.29 is 13.2 Å². The summed E-state index contributed by atoms with van der Waals surface area (Å²) in [6.07, 6.45) is 1.64. The first-order chi connectivity index (χ1) is 11.4. The monoisotopic (exact) mass is 347 g/mol. The molecule has 0 aliphatic heterocycles. The van der Waals surface area contributed by atoms with Crippen LogP contribution in [0.4, 0.5) is 5.82 Å². The zero-order chi connectivity index (χ0) is 17.6. The van der Waals surface area contributed by atoms with E-state index < -0.39 is 10.0 Å². The molecule has 24 heavy (non-hydrogen) atoms. The van der Waals surface area contributed by atoms with E-state index in [0.717, 1.165) is 16.7 Å². The van der Waals surface area contributed by atoms with Crippen LogP contribution in [0.15, 0.2) is 42.6 Å². The van der Waals surface area contributed by atoms with Crippen LogP contribution in [0, 0.1) is 13.8 Å². The van der Waals surface area contributed by atoms with Crippen molar-refractivity contribution in [1.29, 1.82) is 0 Å². The summed E-state index contributed by atoms with van der Waals surface area (Å²) in [5.74, 6) is 0.107. The van der Waals surface area contributed by atoms with Gasteiger partial charge in [-0.1, -0.05) is 35.9 Å². The van der Waals surface area contributed by atoms with E-state index in [1.54, 1.807) is 18.3 Å². The molecule has 0 saturated heterocycles. The summed E-state index contributed by atoms with van der Waals surface area (Å²) in [5.41, 5.74) is 2.58. The van der Waals surface area contributed by atoms with Gasteiger partial charge in [-0.05, 0) is 31.0 Å². The van der Waals surface area contributed by atoms with Gasteiger partial charge in [-0.2, -0.15) is 0 Å². The average molecular weight is 347 g/mol. The van der Waals surface area contributed by atoms with Crippen molar-refractivity contribution >= 4 is 21.7 Å². The Hall–Kier alpha value is -2.25. The molecule has 6 nitrogen and oxygen atoms in total. The molecule has 128 valence electrons. The SMILES string of the molecule is Cc1cccc(CS(=O)(=O)NCCC(=O)Nc2ncccc2C)c1. The Kier molecular flexibility index (Phi) is 6.05. The molecule has 1 aromatic carbocycles. The Morgan fingerprint density at radius 1 is 1.17 bits per heavy atom. The quantitative estimate of drug-likeness (QED) is 0.803. The molecule has 2 aromatic rings. The van der Waals surface area contributed by atoms with Crippen LogP contribution in [0.25, 0.3) is 0 Å². The Bertz CT molecular complexity index is 819. The van der Waals surface area contributed by atoms with E-state index in [-0.39, 0.29) is 24.6 Å². The van der Waals surface area contributed by atoms with Crippen molar-refractivity contribution in [2.24, 2.45) is 0 Å². The minimum atomic E-state index is -3.47. The van der Waals surface area contributed by atoms with Crippen LogP contribution in [-0.4, -0.2) is 25.9 Å². The van der Waals surface area contributed by atoms with E-state index in [9.17, 15) is 13.2 Å². The van der Waals surface area contributed by atoms with Gasteiger partial charge in [0.15, 0.2) is 0 Å². The fourth-order valence-corrected chi connectivity index (χ4v) is 3.34. The van der Waals surface area contributed by atoms with Crippen LogP contribution in [0.5, 0.6) is 0 Å². The van der Waals surface area contributed by atoms with Crippen LogP contribution in [0.2, 0.25) is 0 Å². The smallest absolute Gasteiger partial charge is 0.226 e. The van der Waals surface area contributed by atoms with Crippen molar-refractivity contribution in [2.75, 3.05) is 11.9 Å². The minimum Gasteiger partial charge on any atom is -0.310 e. The average Bonchev–Trinajstić information content (AvgIpc) is 2.49. The van der Waals surface area contributed by atoms with Crippen molar-refractivity contribution in [3.05, 3.63) is 59.3 Å². The number of hydrogen-bond donors (Lipinski definition) is 2. The molecule has 2 rings (SSSR count). The topological polar surface area (TPSA) is 88.2 Å². The lowest BCUT2D eigenvalue weighted by molar-refractivity contribution is -0.116. The second-order valence-electron chi connectivity index (χ2n) is 5.61. The lowest BCUT2D eigenvalue weighted by Crippen LogP contribution is -2.29. The molecule has 7 heteroatoms. The fraction of sp³-hybridized carbons (Fsp3) is 0.294. The van der Waals surface area contributed by atoms with E-state index in [1.807, 2.05) is 38.1 Å². The normalized spacial score (nSPS) is 11.2. The molecule has 0 unspecified atom stereocenters. The van der Waals surface area contributed by atoms with Crippen LogP contribution in [0.1, 0.15) is 23.1 Å². The number of rotatable bonds is 7. The minimum absolute atomic E-state index is 0.0447. The van der Waals surface area contributed by atoms with E-state index in [2.05, 4.69) is 15.0 Å². The Balaban J connectivity index is 1.82. The van der Waals surface area contributed by atoms with Gasteiger partial charge >= 0.3 is 0 Å². The van der Waals surface area contributed by atoms with Gasteiger partial charge < -0.3 is 5.32 Å². The maximum absolute atomic E-state index is 12.1. The number of benzene rings is 1. The number of hydrogen-bond acceptors (Lipinski definition) is 4. The lowest BCUT2D eigenvalue weighted by atomic mass is 10.2. The van der Waals surface area contributed by atoms with Gasteiger partial charge in [-0.15, -0.1) is 0 Å². The molecule has 0 atom stereocenters. The number of amides is 1. The first-order valence-electron chi connectivity index (χ1n) is 7.60. The summed E-state index contributed by atoms with van der Waals surface area (Å²) in [4.78, 5) is 15.9. The number of carbonyl (C=O) groups excluding carboxylic acids is 1. The summed E-state index contributed by atoms with van der Waals surface area (Å²) in [6.45, 7) is 3.80. The standard InChI is InChI=1S/C17H21N3O3S/c1-13-5-3-7-15(11-13)12-24(22,23)19-10-8-16(21)20-17-14(2)6-4-9-18-17/h3-7,9,11,19H,8,10,12H2,1-2H3,(H,18,20,21). The van der Waals surface area contributed by atoms with Crippen LogP contribution >= 0.6 is 0 Å². The predicted molar refractivity (Wildman–Crippen MR) is 94.0 cm³/mol. The number of sulfonamides is 1. The number of nitrogens with zero attached hydrogens (tertiary/aromatic N) is 1. The molecule has 0 radical (unpaired) electrons. The zero-order valence-corrected chi connectivity index (χ0v) is 14.6. The van der Waals surface area contributed by atoms with E-state index in [1.165, 1.54) is 0 Å². The second kappa shape index (κ2) is 8.03. The van der Waals surface area contributed by atoms with Gasteiger partial charge in [0, 0.05) is 19.2 Å². The molecule has 0 aliphatic rings. The molecule has 0 fully saturated rings. The maximum Gasteiger partial charge on any atom is 0.226 e. The van der Waals surface area contributed by atoms with Crippen molar-refractivity contribution in [1.82, 2.24) is 9.71 Å². The van der Waals surface area contributed by atoms with Gasteiger partial charge in [0.1, 0.15) is 5.82 Å². The summed E-state index contributed by atoms with van der Waals surface area (Å²) in [6, 6.07) is 11.0. The molecular formula is C17H21N3O3S. The summed E-state index contributed by atoms with van der Waals surface area (Å²) in [7, 11) is -3.47. The predicted octanol–water partition coefficient (Wildman–Crippen LogP) is 2.15. The number of aryl methyl sites for hydroxylation is 2. The highest BCUT2D eigenvalue weighted by Crippen LogP contribution is 2.10. The van der Waals surface area contributed by atoms with Gasteiger partial charge in [0.05, 0.1) is 5.75 Å². The van der Waals surface area contributed by atoms with Gasteiger partial charge in [-0.25, -0.2) is 18.1 Å². The van der Waals surface area contributed by atoms with Crippen LogP contribution in [0.3, 0.4) is 0 Å². The highest BCUT2D eigenvalue weighted by atomic mass is 32.2. The van der Waals surface area contributed by atoms with Gasteiger partial charge in [0.2, 0.25) is 15.9 Å². The molecule has 0 spiro atoms. The Morgan fingerprint density at radius 3 is 2.67 bits per heavy atom. The zero-order valence-electron chi connectivity index (χ0n) is 13.7. The van der Waals surface area contributed by atoms with Gasteiger partial charge in [-0.3, -0.25) is 4.79 Å². The molecule has 1 heterocycles. The first kappa shape index (κ1) is 18.1. The third-order valence-electron chi connectivity index (χ3n) is 3.38. The van der Waals surface area contributed by atoms with Crippen LogP contribution in [-0.2, 0) is 20.6 Å². The summed E-state index contributed by atoms with van der Waals surface area (Å²) < 4.78 is 26.5. The third kappa shape index (κ3) is 5.75. The van der Waals surface area contributed by atoms with Crippen molar-refractivity contribution in [3.63, 3.8) is 0 Å². The molecule has 0 bridgehead atoms. The maximum atomic E-state index is 12.1. The van der Waals surface area contributed by atoms with Crippen molar-refractivity contribution in [2.45, 2.75) is 26.0 Å². The first-order valence-corrected chi connectivity index (χ1v) is 9.25. The number of aromatic nitrogens is 1. The molecule has 2 N–H and O–H groups in total. The Morgan fingerprint density at radius 2 is 1.96 bits per heavy atom. The molecule has 1 aromatic heterocycles. The fourth-order valence-electron chi connectivity index (χ4n) is 2.20. The van der Waals surface area contributed by atoms with E-state index in [0.29, 0.717) is 5.82 Å². The number of nitrogens with one attached hydrogen (secondary N) is 2. The second-order valence-corrected chi connectivity index (χ2v) is 7.42. The van der Waals surface area contributed by atoms with Crippen LogP contribution < -0.4 is 10.0 Å². The number of carbonyl (C=O) groups is 1. The largest absolute Gasteiger partial charge is 0.310 e. The lowest BCUT2D eigenvalue weighted by Gasteiger charge is -2.09. The van der Waals surface area contributed by atoms with Gasteiger partial charge in [0.25, 0.3) is 0 Å². The highest BCUT2D eigenvalue weighted by molar-refractivity contribution is 7.88. The summed E-state index contributed by atoms with van der Waals surface area (Å²) >= 11 is 0. The molecule has 0 aliphatic carbocycles. The van der Waals surface area contributed by atoms with Crippen molar-refractivity contribution in [3.8, 4) is 0 Å². The number of pyridine rings is 1. The molecular weight excluding hydrogens is 326 g/mol.